The zero-order chi connectivity index (χ0) is 22.2. The average molecular weight is 431 g/mol. The van der Waals surface area contributed by atoms with Crippen LogP contribution in [0.15, 0.2) is 43.2 Å². The van der Waals surface area contributed by atoms with E-state index in [1.807, 2.05) is 30.3 Å². The van der Waals surface area contributed by atoms with E-state index in [0.717, 1.165) is 54.5 Å². The van der Waals surface area contributed by atoms with Gasteiger partial charge in [-0.15, -0.1) is 0 Å². The van der Waals surface area contributed by atoms with Crippen molar-refractivity contribution in [1.82, 2.24) is 29.1 Å². The first-order valence-electron chi connectivity index (χ1n) is 11.3. The molecule has 8 nitrogen and oxygen atoms in total. The predicted octanol–water partition coefficient (Wildman–Crippen LogP) is 4.58. The van der Waals surface area contributed by atoms with E-state index in [-0.39, 0.29) is 0 Å². The summed E-state index contributed by atoms with van der Waals surface area (Å²) in [4.78, 5) is 20.8. The van der Waals surface area contributed by atoms with Crippen LogP contribution in [0.1, 0.15) is 49.8 Å². The second-order valence-electron chi connectivity index (χ2n) is 8.98. The Bertz CT molecular complexity index is 1220. The van der Waals surface area contributed by atoms with Crippen LogP contribution in [0, 0.1) is 6.92 Å². The third-order valence-electron chi connectivity index (χ3n) is 6.43. The SMILES string of the molecule is Cc1ccc(C(C)C)cc1Nc1nc(N2CCC(n3ccnc3)CC2)nc2ncn(C)c12. The Morgan fingerprint density at radius 2 is 1.91 bits per heavy atom. The van der Waals surface area contributed by atoms with Crippen LogP contribution in [0.25, 0.3) is 11.2 Å². The highest BCUT2D eigenvalue weighted by Gasteiger charge is 2.24. The van der Waals surface area contributed by atoms with E-state index in [0.29, 0.717) is 12.0 Å². The van der Waals surface area contributed by atoms with E-state index >= 15 is 0 Å². The number of fused-ring (bicyclic) bond motifs is 1. The second kappa shape index (κ2) is 8.26. The zero-order valence-electron chi connectivity index (χ0n) is 19.2. The molecule has 1 aliphatic rings. The Hall–Kier alpha value is -3.42. The first kappa shape index (κ1) is 20.5. The Morgan fingerprint density at radius 1 is 1.09 bits per heavy atom. The van der Waals surface area contributed by atoms with E-state index in [4.69, 9.17) is 9.97 Å². The van der Waals surface area contributed by atoms with Gasteiger partial charge in [-0.05, 0) is 42.9 Å². The first-order chi connectivity index (χ1) is 15.5. The number of nitrogens with zero attached hydrogens (tertiary/aromatic N) is 7. The molecule has 0 radical (unpaired) electrons. The van der Waals surface area contributed by atoms with Crippen LogP contribution in [-0.2, 0) is 7.05 Å². The van der Waals surface area contributed by atoms with Crippen LogP contribution in [0.4, 0.5) is 17.5 Å². The van der Waals surface area contributed by atoms with Crippen LogP contribution in [0.5, 0.6) is 0 Å². The summed E-state index contributed by atoms with van der Waals surface area (Å²) in [6, 6.07) is 7.06. The quantitative estimate of drug-likeness (QED) is 0.500. The minimum atomic E-state index is 0.464. The fraction of sp³-hybridized carbons (Fsp3) is 0.417. The molecule has 1 aromatic carbocycles. The number of aryl methyl sites for hydroxylation is 2. The van der Waals surface area contributed by atoms with Crippen LogP contribution in [-0.4, -0.2) is 42.2 Å². The molecule has 0 amide bonds. The lowest BCUT2D eigenvalue weighted by molar-refractivity contribution is 0.393. The summed E-state index contributed by atoms with van der Waals surface area (Å²) >= 11 is 0. The molecule has 4 heterocycles. The van der Waals surface area contributed by atoms with Crippen LogP contribution in [0.2, 0.25) is 0 Å². The van der Waals surface area contributed by atoms with Gasteiger partial charge < -0.3 is 19.4 Å². The minimum Gasteiger partial charge on any atom is -0.341 e. The Balaban J connectivity index is 1.46. The summed E-state index contributed by atoms with van der Waals surface area (Å²) in [7, 11) is 1.98. The summed E-state index contributed by atoms with van der Waals surface area (Å²) < 4.78 is 4.19. The molecule has 1 saturated heterocycles. The lowest BCUT2D eigenvalue weighted by Gasteiger charge is -2.32. The number of nitrogens with one attached hydrogen (secondary N) is 1. The molecule has 1 N–H and O–H groups in total. The molecular weight excluding hydrogens is 400 g/mol. The van der Waals surface area contributed by atoms with Gasteiger partial charge in [-0.2, -0.15) is 9.97 Å². The van der Waals surface area contributed by atoms with Crippen molar-refractivity contribution in [2.45, 2.75) is 45.6 Å². The van der Waals surface area contributed by atoms with E-state index < -0.39 is 0 Å². The monoisotopic (exact) mass is 430 g/mol. The highest BCUT2D eigenvalue weighted by molar-refractivity contribution is 5.87. The van der Waals surface area contributed by atoms with Gasteiger partial charge >= 0.3 is 0 Å². The largest absolute Gasteiger partial charge is 0.341 e. The lowest BCUT2D eigenvalue weighted by Crippen LogP contribution is -2.35. The van der Waals surface area contributed by atoms with E-state index in [9.17, 15) is 0 Å². The summed E-state index contributed by atoms with van der Waals surface area (Å²) in [5.41, 5.74) is 5.19. The number of piperidine rings is 1. The summed E-state index contributed by atoms with van der Waals surface area (Å²) in [5.74, 6) is 2.00. The third-order valence-corrected chi connectivity index (χ3v) is 6.43. The molecule has 3 aromatic heterocycles. The molecule has 8 heteroatoms. The molecule has 0 bridgehead atoms. The molecule has 0 spiro atoms. The Kier molecular flexibility index (Phi) is 5.28. The summed E-state index contributed by atoms with van der Waals surface area (Å²) in [5, 5.41) is 3.60. The number of anilines is 3. The van der Waals surface area contributed by atoms with Gasteiger partial charge in [-0.25, -0.2) is 9.97 Å². The smallest absolute Gasteiger partial charge is 0.229 e. The molecule has 5 rings (SSSR count). The number of aromatic nitrogens is 6. The van der Waals surface area contributed by atoms with Gasteiger partial charge in [0.05, 0.1) is 12.7 Å². The van der Waals surface area contributed by atoms with Crippen LogP contribution < -0.4 is 10.2 Å². The number of rotatable bonds is 5. The maximum atomic E-state index is 4.98. The van der Waals surface area contributed by atoms with Crippen molar-refractivity contribution < 1.29 is 0 Å². The van der Waals surface area contributed by atoms with Gasteiger partial charge in [0.15, 0.2) is 11.5 Å². The van der Waals surface area contributed by atoms with Crippen LogP contribution >= 0.6 is 0 Å². The number of hydrogen-bond donors (Lipinski definition) is 1. The fourth-order valence-electron chi connectivity index (χ4n) is 4.38. The third kappa shape index (κ3) is 3.81. The highest BCUT2D eigenvalue weighted by Crippen LogP contribution is 2.31. The van der Waals surface area contributed by atoms with Crippen LogP contribution in [0.3, 0.4) is 0 Å². The molecule has 0 unspecified atom stereocenters. The lowest BCUT2D eigenvalue weighted by atomic mass is 10.0. The van der Waals surface area contributed by atoms with Gasteiger partial charge in [-0.1, -0.05) is 26.0 Å². The van der Waals surface area contributed by atoms with E-state index in [1.54, 1.807) is 6.33 Å². The average Bonchev–Trinajstić information content (AvgIpc) is 3.46. The second-order valence-corrected chi connectivity index (χ2v) is 8.98. The normalized spacial score (nSPS) is 15.1. The topological polar surface area (TPSA) is 76.7 Å². The summed E-state index contributed by atoms with van der Waals surface area (Å²) in [6.07, 6.45) is 9.69. The van der Waals surface area contributed by atoms with Gasteiger partial charge in [0.25, 0.3) is 0 Å². The van der Waals surface area contributed by atoms with E-state index in [2.05, 4.69) is 63.7 Å². The number of hydrogen-bond acceptors (Lipinski definition) is 6. The molecule has 0 saturated carbocycles. The predicted molar refractivity (Wildman–Crippen MR) is 128 cm³/mol. The molecule has 1 fully saturated rings. The van der Waals surface area contributed by atoms with Crippen molar-refractivity contribution >= 4 is 28.6 Å². The maximum absolute atomic E-state index is 4.98. The molecule has 0 aliphatic carbocycles. The van der Waals surface area contributed by atoms with E-state index in [1.165, 1.54) is 11.1 Å². The van der Waals surface area contributed by atoms with Gasteiger partial charge in [-0.3, -0.25) is 0 Å². The number of benzene rings is 1. The van der Waals surface area contributed by atoms with Crippen molar-refractivity contribution in [2.24, 2.45) is 7.05 Å². The van der Waals surface area contributed by atoms with Gasteiger partial charge in [0.1, 0.15) is 5.52 Å². The minimum absolute atomic E-state index is 0.464. The molecule has 166 valence electrons. The van der Waals surface area contributed by atoms with Crippen molar-refractivity contribution in [3.63, 3.8) is 0 Å². The molecule has 4 aromatic rings. The molecule has 1 aliphatic heterocycles. The Morgan fingerprint density at radius 3 is 2.62 bits per heavy atom. The number of imidazole rings is 2. The molecule has 0 atom stereocenters. The molecular formula is C24H30N8. The maximum Gasteiger partial charge on any atom is 0.229 e. The van der Waals surface area contributed by atoms with Crippen molar-refractivity contribution in [1.29, 1.82) is 0 Å². The van der Waals surface area contributed by atoms with Crippen molar-refractivity contribution in [2.75, 3.05) is 23.3 Å². The Labute approximate surface area is 188 Å². The fourth-order valence-corrected chi connectivity index (χ4v) is 4.38. The first-order valence-corrected chi connectivity index (χ1v) is 11.3. The van der Waals surface area contributed by atoms with Gasteiger partial charge in [0.2, 0.25) is 5.95 Å². The standard InChI is InChI=1S/C24H30N8/c1-16(2)18-6-5-17(3)20(13-18)27-23-21-22(26-15-30(21)4)28-24(29-23)31-10-7-19(8-11-31)32-12-9-25-14-32/h5-6,9,12-16,19H,7-8,10-11H2,1-4H3,(H,27,28,29). The molecule has 32 heavy (non-hydrogen) atoms. The zero-order valence-corrected chi connectivity index (χ0v) is 19.2. The van der Waals surface area contributed by atoms with Crippen molar-refractivity contribution in [3.8, 4) is 0 Å². The van der Waals surface area contributed by atoms with Crippen molar-refractivity contribution in [3.05, 3.63) is 54.4 Å². The summed E-state index contributed by atoms with van der Waals surface area (Å²) in [6.45, 7) is 8.36. The van der Waals surface area contributed by atoms with Gasteiger partial charge in [0, 0.05) is 44.3 Å². The highest BCUT2D eigenvalue weighted by atomic mass is 15.3.